The Morgan fingerprint density at radius 2 is 0.825 bits per heavy atom. The molecule has 12 aromatic rings. The van der Waals surface area contributed by atoms with Crippen LogP contribution in [-0.4, -0.2) is 19.1 Å². The van der Waals surface area contributed by atoms with Crippen molar-refractivity contribution >= 4 is 75.1 Å². The van der Waals surface area contributed by atoms with E-state index in [0.717, 1.165) is 61.5 Å². The number of hydrogen-bond donors (Lipinski definition) is 0. The van der Waals surface area contributed by atoms with Gasteiger partial charge in [-0.05, 0) is 42.5 Å². The third-order valence-electron chi connectivity index (χ3n) is 11.3. The molecule has 0 aliphatic rings. The molecule has 0 amide bonds. The quantitative estimate of drug-likeness (QED) is 0.176. The van der Waals surface area contributed by atoms with Crippen molar-refractivity contribution in [2.75, 3.05) is 0 Å². The van der Waals surface area contributed by atoms with E-state index in [1.165, 1.54) is 41.7 Å². The monoisotopic (exact) mass is 744 g/mol. The van der Waals surface area contributed by atoms with Gasteiger partial charge < -0.3 is 9.13 Å². The molecule has 0 atom stereocenters. The van der Waals surface area contributed by atoms with Crippen LogP contribution in [0.25, 0.3) is 109 Å². The molecule has 0 saturated carbocycles. The minimum absolute atomic E-state index is 0.690. The SMILES string of the molecule is c1ccc(-c2cc(-c3c(-n4c5ccccc5c5ccccc54)c(-n4c5ccccc5c5ccccc54)cc4sc5ccccc5c34)nc(-c3ccccc3)n2)cc1. The van der Waals surface area contributed by atoms with Crippen molar-refractivity contribution in [3.63, 3.8) is 0 Å². The van der Waals surface area contributed by atoms with Gasteiger partial charge in [-0.25, -0.2) is 9.97 Å². The summed E-state index contributed by atoms with van der Waals surface area (Å²) in [6.45, 7) is 0. The van der Waals surface area contributed by atoms with E-state index in [-0.39, 0.29) is 0 Å². The third kappa shape index (κ3) is 4.86. The number of nitrogens with zero attached hydrogens (tertiary/aromatic N) is 4. The number of rotatable bonds is 5. The average molecular weight is 745 g/mol. The van der Waals surface area contributed by atoms with Gasteiger partial charge in [0, 0.05) is 58.4 Å². The summed E-state index contributed by atoms with van der Waals surface area (Å²) in [5.74, 6) is 0.690. The minimum atomic E-state index is 0.690. The largest absolute Gasteiger partial charge is 0.307 e. The molecular formula is C52H32N4S. The lowest BCUT2D eigenvalue weighted by Crippen LogP contribution is -2.07. The van der Waals surface area contributed by atoms with Gasteiger partial charge >= 0.3 is 0 Å². The van der Waals surface area contributed by atoms with Crippen LogP contribution in [0.5, 0.6) is 0 Å². The van der Waals surface area contributed by atoms with Crippen molar-refractivity contribution in [2.45, 2.75) is 0 Å². The van der Waals surface area contributed by atoms with Crippen LogP contribution < -0.4 is 0 Å². The first kappa shape index (κ1) is 32.0. The molecule has 266 valence electrons. The highest BCUT2D eigenvalue weighted by atomic mass is 32.1. The standard InChI is InChI=1S/C52H32N4S/c1-3-17-33(18-4-1)40-31-41(54-52(53-40)34-19-5-2-6-20-34)50-49-39-25-11-16-30-47(39)57-48(49)32-46(55-42-26-12-7-21-35(42)36-22-8-13-27-43(36)55)51(50)56-44-28-14-9-23-37(44)38-24-10-15-29-45(38)56/h1-32H. The summed E-state index contributed by atoms with van der Waals surface area (Å²) in [5.41, 5.74) is 11.6. The Balaban J connectivity index is 1.35. The molecular weight excluding hydrogens is 713 g/mol. The predicted octanol–water partition coefficient (Wildman–Crippen LogP) is 14.0. The van der Waals surface area contributed by atoms with Gasteiger partial charge in [0.15, 0.2) is 5.82 Å². The molecule has 0 bridgehead atoms. The van der Waals surface area contributed by atoms with Crippen molar-refractivity contribution in [3.8, 4) is 45.3 Å². The predicted molar refractivity (Wildman–Crippen MR) is 240 cm³/mol. The van der Waals surface area contributed by atoms with Gasteiger partial charge in [-0.1, -0.05) is 152 Å². The lowest BCUT2D eigenvalue weighted by Gasteiger charge is -2.22. The molecule has 5 heteroatoms. The molecule has 0 aliphatic heterocycles. The van der Waals surface area contributed by atoms with Crippen molar-refractivity contribution in [2.24, 2.45) is 0 Å². The van der Waals surface area contributed by atoms with Crippen molar-refractivity contribution < 1.29 is 0 Å². The first-order valence-electron chi connectivity index (χ1n) is 19.3. The zero-order chi connectivity index (χ0) is 37.5. The van der Waals surface area contributed by atoms with E-state index in [2.05, 4.69) is 197 Å². The topological polar surface area (TPSA) is 35.6 Å². The van der Waals surface area contributed by atoms with Crippen molar-refractivity contribution in [1.82, 2.24) is 19.1 Å². The number of aromatic nitrogens is 4. The molecule has 0 radical (unpaired) electrons. The van der Waals surface area contributed by atoms with E-state index in [9.17, 15) is 0 Å². The fourth-order valence-electron chi connectivity index (χ4n) is 8.90. The van der Waals surface area contributed by atoms with E-state index >= 15 is 0 Å². The van der Waals surface area contributed by atoms with Gasteiger partial charge in [0.1, 0.15) is 0 Å². The maximum absolute atomic E-state index is 5.58. The van der Waals surface area contributed by atoms with Gasteiger partial charge in [0.05, 0.1) is 44.8 Å². The number of fused-ring (bicyclic) bond motifs is 9. The number of benzene rings is 8. The molecule has 12 rings (SSSR count). The van der Waals surface area contributed by atoms with E-state index in [0.29, 0.717) is 5.82 Å². The molecule has 0 spiro atoms. The van der Waals surface area contributed by atoms with Crippen LogP contribution in [0.3, 0.4) is 0 Å². The lowest BCUT2D eigenvalue weighted by molar-refractivity contribution is 1.10. The smallest absolute Gasteiger partial charge is 0.160 e. The molecule has 57 heavy (non-hydrogen) atoms. The summed E-state index contributed by atoms with van der Waals surface area (Å²) in [7, 11) is 0. The van der Waals surface area contributed by atoms with Crippen molar-refractivity contribution in [1.29, 1.82) is 0 Å². The first-order chi connectivity index (χ1) is 28.3. The van der Waals surface area contributed by atoms with Crippen molar-refractivity contribution in [3.05, 3.63) is 194 Å². The molecule has 4 nitrogen and oxygen atoms in total. The summed E-state index contributed by atoms with van der Waals surface area (Å²) in [6, 6.07) is 69.5. The van der Waals surface area contributed by atoms with Crippen LogP contribution in [0, 0.1) is 0 Å². The Morgan fingerprint density at radius 1 is 0.368 bits per heavy atom. The Hall–Kier alpha value is -7.34. The van der Waals surface area contributed by atoms with Crippen LogP contribution in [0.15, 0.2) is 194 Å². The van der Waals surface area contributed by atoms with E-state index < -0.39 is 0 Å². The van der Waals surface area contributed by atoms with E-state index in [1.807, 2.05) is 17.4 Å². The molecule has 4 aromatic heterocycles. The number of para-hydroxylation sites is 4. The molecule has 0 N–H and O–H groups in total. The Morgan fingerprint density at radius 3 is 1.40 bits per heavy atom. The first-order valence-corrected chi connectivity index (χ1v) is 20.1. The Labute approximate surface area is 332 Å². The highest BCUT2D eigenvalue weighted by Gasteiger charge is 2.28. The van der Waals surface area contributed by atoms with Crippen LogP contribution in [0.4, 0.5) is 0 Å². The van der Waals surface area contributed by atoms with Gasteiger partial charge in [-0.3, -0.25) is 0 Å². The number of thiophene rings is 1. The van der Waals surface area contributed by atoms with Gasteiger partial charge in [-0.15, -0.1) is 11.3 Å². The second-order valence-electron chi connectivity index (χ2n) is 14.5. The maximum atomic E-state index is 5.58. The second-order valence-corrected chi connectivity index (χ2v) is 15.6. The summed E-state index contributed by atoms with van der Waals surface area (Å²) >= 11 is 1.84. The zero-order valence-electron chi connectivity index (χ0n) is 30.7. The molecule has 8 aromatic carbocycles. The molecule has 4 heterocycles. The summed E-state index contributed by atoms with van der Waals surface area (Å²) in [5, 5.41) is 7.26. The Kier molecular flexibility index (Phi) is 7.06. The highest BCUT2D eigenvalue weighted by molar-refractivity contribution is 7.26. The van der Waals surface area contributed by atoms with Crippen LogP contribution in [0.1, 0.15) is 0 Å². The van der Waals surface area contributed by atoms with Gasteiger partial charge in [0.2, 0.25) is 0 Å². The van der Waals surface area contributed by atoms with Crippen LogP contribution in [0.2, 0.25) is 0 Å². The fraction of sp³-hybridized carbons (Fsp3) is 0. The van der Waals surface area contributed by atoms with Gasteiger partial charge in [0.25, 0.3) is 0 Å². The maximum Gasteiger partial charge on any atom is 0.160 e. The molecule has 0 fully saturated rings. The highest BCUT2D eigenvalue weighted by Crippen LogP contribution is 2.49. The fourth-order valence-corrected chi connectivity index (χ4v) is 10.1. The lowest BCUT2D eigenvalue weighted by atomic mass is 9.97. The second kappa shape index (κ2) is 12.6. The summed E-state index contributed by atoms with van der Waals surface area (Å²) in [4.78, 5) is 10.8. The van der Waals surface area contributed by atoms with Crippen LogP contribution >= 0.6 is 11.3 Å². The summed E-state index contributed by atoms with van der Waals surface area (Å²) < 4.78 is 7.42. The molecule has 0 aliphatic carbocycles. The zero-order valence-corrected chi connectivity index (χ0v) is 31.5. The molecule has 0 saturated heterocycles. The molecule has 0 unspecified atom stereocenters. The van der Waals surface area contributed by atoms with E-state index in [4.69, 9.17) is 9.97 Å². The Bertz CT molecular complexity index is 3360. The number of hydrogen-bond acceptors (Lipinski definition) is 3. The summed E-state index contributed by atoms with van der Waals surface area (Å²) in [6.07, 6.45) is 0. The van der Waals surface area contributed by atoms with Crippen LogP contribution in [-0.2, 0) is 0 Å². The minimum Gasteiger partial charge on any atom is -0.307 e. The third-order valence-corrected chi connectivity index (χ3v) is 12.4. The average Bonchev–Trinajstić information content (AvgIpc) is 3.94. The normalized spacial score (nSPS) is 11.9. The van der Waals surface area contributed by atoms with Gasteiger partial charge in [-0.2, -0.15) is 0 Å². The van der Waals surface area contributed by atoms with E-state index in [1.54, 1.807) is 0 Å².